The number of rotatable bonds is 6. The fraction of sp³-hybridized carbons (Fsp3) is 0.333. The molecule has 0 heterocycles. The summed E-state index contributed by atoms with van der Waals surface area (Å²) in [6.07, 6.45) is 3.87. The van der Waals surface area contributed by atoms with Crippen molar-refractivity contribution in [3.05, 3.63) is 59.4 Å². The number of hydrogen-bond acceptors (Lipinski definition) is 3. The second-order valence-electron chi connectivity index (χ2n) is 7.08. The highest BCUT2D eigenvalue weighted by Crippen LogP contribution is 2.40. The SMILES string of the molecule is COc1ccc(NC(=O)NCC2(c3cccc(F)c3)CCCC2)cc1C(N)=O. The highest BCUT2D eigenvalue weighted by atomic mass is 19.1. The minimum absolute atomic E-state index is 0.187. The van der Waals surface area contributed by atoms with Crippen molar-refractivity contribution in [1.29, 1.82) is 0 Å². The number of urea groups is 1. The van der Waals surface area contributed by atoms with Crippen LogP contribution in [0.3, 0.4) is 0 Å². The second-order valence-corrected chi connectivity index (χ2v) is 7.08. The van der Waals surface area contributed by atoms with E-state index in [9.17, 15) is 14.0 Å². The summed E-state index contributed by atoms with van der Waals surface area (Å²) in [5, 5.41) is 5.59. The van der Waals surface area contributed by atoms with Crippen LogP contribution in [0.1, 0.15) is 41.6 Å². The maximum absolute atomic E-state index is 13.7. The van der Waals surface area contributed by atoms with Gasteiger partial charge in [0.15, 0.2) is 0 Å². The minimum Gasteiger partial charge on any atom is -0.496 e. The predicted octanol–water partition coefficient (Wildman–Crippen LogP) is 3.57. The van der Waals surface area contributed by atoms with Crippen LogP contribution < -0.4 is 21.1 Å². The van der Waals surface area contributed by atoms with E-state index >= 15 is 0 Å². The van der Waals surface area contributed by atoms with Gasteiger partial charge in [-0.15, -0.1) is 0 Å². The first-order chi connectivity index (χ1) is 13.4. The van der Waals surface area contributed by atoms with Crippen molar-refractivity contribution in [2.45, 2.75) is 31.1 Å². The molecule has 0 saturated heterocycles. The molecule has 1 aliphatic carbocycles. The van der Waals surface area contributed by atoms with Crippen LogP contribution in [-0.4, -0.2) is 25.6 Å². The summed E-state index contributed by atoms with van der Waals surface area (Å²) in [5.41, 5.74) is 6.61. The Morgan fingerprint density at radius 2 is 1.93 bits per heavy atom. The van der Waals surface area contributed by atoms with Crippen LogP contribution in [-0.2, 0) is 5.41 Å². The van der Waals surface area contributed by atoms with E-state index in [1.54, 1.807) is 24.3 Å². The molecule has 1 saturated carbocycles. The Bertz CT molecular complexity index is 879. The fourth-order valence-corrected chi connectivity index (χ4v) is 3.84. The molecule has 0 aliphatic heterocycles. The molecule has 28 heavy (non-hydrogen) atoms. The van der Waals surface area contributed by atoms with Crippen LogP contribution in [0.2, 0.25) is 0 Å². The highest BCUT2D eigenvalue weighted by Gasteiger charge is 2.36. The lowest BCUT2D eigenvalue weighted by molar-refractivity contribution is 0.0997. The molecule has 148 valence electrons. The first-order valence-corrected chi connectivity index (χ1v) is 9.22. The van der Waals surface area contributed by atoms with E-state index in [2.05, 4.69) is 10.6 Å². The topological polar surface area (TPSA) is 93.4 Å². The van der Waals surface area contributed by atoms with Gasteiger partial charge in [-0.2, -0.15) is 0 Å². The van der Waals surface area contributed by atoms with Gasteiger partial charge in [0.25, 0.3) is 5.91 Å². The second kappa shape index (κ2) is 8.29. The number of benzene rings is 2. The first kappa shape index (κ1) is 19.7. The smallest absolute Gasteiger partial charge is 0.319 e. The van der Waals surface area contributed by atoms with Crippen LogP contribution >= 0.6 is 0 Å². The van der Waals surface area contributed by atoms with Crippen molar-refractivity contribution in [3.8, 4) is 5.75 Å². The molecule has 0 radical (unpaired) electrons. The van der Waals surface area contributed by atoms with Gasteiger partial charge in [-0.3, -0.25) is 4.79 Å². The van der Waals surface area contributed by atoms with Gasteiger partial charge in [-0.1, -0.05) is 25.0 Å². The van der Waals surface area contributed by atoms with Crippen LogP contribution in [0.5, 0.6) is 5.75 Å². The van der Waals surface area contributed by atoms with E-state index in [-0.39, 0.29) is 16.8 Å². The summed E-state index contributed by atoms with van der Waals surface area (Å²) < 4.78 is 18.8. The number of anilines is 1. The summed E-state index contributed by atoms with van der Waals surface area (Å²) in [4.78, 5) is 23.9. The molecular formula is C21H24FN3O3. The number of nitrogens with one attached hydrogen (secondary N) is 2. The molecule has 0 aromatic heterocycles. The van der Waals surface area contributed by atoms with E-state index in [1.807, 2.05) is 6.07 Å². The van der Waals surface area contributed by atoms with E-state index < -0.39 is 11.9 Å². The van der Waals surface area contributed by atoms with Gasteiger partial charge < -0.3 is 21.1 Å². The van der Waals surface area contributed by atoms with Gasteiger partial charge in [0.2, 0.25) is 0 Å². The summed E-state index contributed by atoms with van der Waals surface area (Å²) in [7, 11) is 1.44. The summed E-state index contributed by atoms with van der Waals surface area (Å²) in [6.45, 7) is 0.404. The van der Waals surface area contributed by atoms with E-state index in [0.29, 0.717) is 18.0 Å². The Kier molecular flexibility index (Phi) is 5.82. The van der Waals surface area contributed by atoms with E-state index in [0.717, 1.165) is 31.2 Å². The first-order valence-electron chi connectivity index (χ1n) is 9.22. The van der Waals surface area contributed by atoms with Crippen LogP contribution in [0.15, 0.2) is 42.5 Å². The van der Waals surface area contributed by atoms with Crippen molar-refractivity contribution in [2.75, 3.05) is 19.0 Å². The van der Waals surface area contributed by atoms with Gasteiger partial charge in [0.05, 0.1) is 12.7 Å². The van der Waals surface area contributed by atoms with Crippen molar-refractivity contribution in [2.24, 2.45) is 5.73 Å². The zero-order valence-electron chi connectivity index (χ0n) is 15.8. The third-order valence-electron chi connectivity index (χ3n) is 5.31. The number of nitrogens with two attached hydrogens (primary N) is 1. The number of amides is 3. The lowest BCUT2D eigenvalue weighted by Crippen LogP contribution is -2.41. The highest BCUT2D eigenvalue weighted by molar-refractivity contribution is 5.98. The van der Waals surface area contributed by atoms with Gasteiger partial charge in [0.1, 0.15) is 11.6 Å². The van der Waals surface area contributed by atoms with Gasteiger partial charge in [-0.25, -0.2) is 9.18 Å². The van der Waals surface area contributed by atoms with Crippen LogP contribution in [0, 0.1) is 5.82 Å². The molecule has 3 rings (SSSR count). The van der Waals surface area contributed by atoms with E-state index in [1.165, 1.54) is 19.2 Å². The molecule has 1 fully saturated rings. The Balaban J connectivity index is 1.69. The largest absolute Gasteiger partial charge is 0.496 e. The third-order valence-corrected chi connectivity index (χ3v) is 5.31. The average Bonchev–Trinajstić information content (AvgIpc) is 3.16. The number of halogens is 1. The molecule has 0 atom stereocenters. The molecule has 4 N–H and O–H groups in total. The molecule has 2 aromatic carbocycles. The Hall–Kier alpha value is -3.09. The number of carbonyl (C=O) groups is 2. The van der Waals surface area contributed by atoms with Crippen LogP contribution in [0.4, 0.5) is 14.9 Å². The normalized spacial score (nSPS) is 15.1. The van der Waals surface area contributed by atoms with Crippen molar-refractivity contribution in [1.82, 2.24) is 5.32 Å². The molecule has 0 bridgehead atoms. The zero-order chi connectivity index (χ0) is 20.1. The van der Waals surface area contributed by atoms with Crippen molar-refractivity contribution in [3.63, 3.8) is 0 Å². The number of methoxy groups -OCH3 is 1. The standard InChI is InChI=1S/C21H24FN3O3/c1-28-18-8-7-16(12-17(18)19(23)26)25-20(27)24-13-21(9-2-3-10-21)14-5-4-6-15(22)11-14/h4-8,11-12H,2-3,9-10,13H2,1H3,(H2,23,26)(H2,24,25,27). The molecular weight excluding hydrogens is 361 g/mol. The minimum atomic E-state index is -0.642. The molecule has 0 spiro atoms. The summed E-state index contributed by atoms with van der Waals surface area (Å²) >= 11 is 0. The van der Waals surface area contributed by atoms with E-state index in [4.69, 9.17) is 10.5 Å². The third kappa shape index (κ3) is 4.24. The predicted molar refractivity (Wildman–Crippen MR) is 105 cm³/mol. The number of hydrogen-bond donors (Lipinski definition) is 3. The van der Waals surface area contributed by atoms with Crippen molar-refractivity contribution >= 4 is 17.6 Å². The molecule has 7 heteroatoms. The summed E-state index contributed by atoms with van der Waals surface area (Å²) in [6, 6.07) is 10.9. The van der Waals surface area contributed by atoms with Gasteiger partial charge in [-0.05, 0) is 48.7 Å². The monoisotopic (exact) mass is 385 g/mol. The van der Waals surface area contributed by atoms with Crippen LogP contribution in [0.25, 0.3) is 0 Å². The molecule has 6 nitrogen and oxygen atoms in total. The number of ether oxygens (including phenoxy) is 1. The quantitative estimate of drug-likeness (QED) is 0.710. The average molecular weight is 385 g/mol. The summed E-state index contributed by atoms with van der Waals surface area (Å²) in [5.74, 6) is -0.572. The fourth-order valence-electron chi connectivity index (χ4n) is 3.84. The van der Waals surface area contributed by atoms with Crippen molar-refractivity contribution < 1.29 is 18.7 Å². The maximum Gasteiger partial charge on any atom is 0.319 e. The number of carbonyl (C=O) groups excluding carboxylic acids is 2. The Labute approximate surface area is 163 Å². The zero-order valence-corrected chi connectivity index (χ0v) is 15.8. The Morgan fingerprint density at radius 1 is 1.18 bits per heavy atom. The van der Waals surface area contributed by atoms with Gasteiger partial charge in [0, 0.05) is 17.6 Å². The number of primary amides is 1. The lowest BCUT2D eigenvalue weighted by Gasteiger charge is -2.30. The Morgan fingerprint density at radius 3 is 2.57 bits per heavy atom. The molecule has 3 amide bonds. The van der Waals surface area contributed by atoms with Gasteiger partial charge >= 0.3 is 6.03 Å². The maximum atomic E-state index is 13.7. The molecule has 1 aliphatic rings. The molecule has 0 unspecified atom stereocenters. The lowest BCUT2D eigenvalue weighted by atomic mass is 9.79. The molecule has 2 aromatic rings.